The van der Waals surface area contributed by atoms with Gasteiger partial charge in [0, 0.05) is 12.6 Å². The average Bonchev–Trinajstić information content (AvgIpc) is 3.12. The van der Waals surface area contributed by atoms with Crippen LogP contribution in [0.2, 0.25) is 0 Å². The average molecular weight is 347 g/mol. The smallest absolute Gasteiger partial charge is 0.247 e. The van der Waals surface area contributed by atoms with Crippen molar-refractivity contribution in [2.75, 3.05) is 20.8 Å². The van der Waals surface area contributed by atoms with Gasteiger partial charge in [0.25, 0.3) is 0 Å². The summed E-state index contributed by atoms with van der Waals surface area (Å²) in [5, 5.41) is 0. The van der Waals surface area contributed by atoms with Crippen molar-refractivity contribution >= 4 is 10.0 Å². The molecule has 0 aliphatic carbocycles. The minimum absolute atomic E-state index is 0.146. The molecule has 0 unspecified atom stereocenters. The van der Waals surface area contributed by atoms with Crippen molar-refractivity contribution in [3.8, 4) is 11.5 Å². The predicted molar refractivity (Wildman–Crippen MR) is 91.9 cm³/mol. The lowest BCUT2D eigenvalue weighted by Crippen LogP contribution is -2.31. The molecule has 0 radical (unpaired) electrons. The van der Waals surface area contributed by atoms with Gasteiger partial charge in [-0.05, 0) is 30.5 Å². The fraction of sp³-hybridized carbons (Fsp3) is 0.333. The third-order valence-electron chi connectivity index (χ3n) is 4.35. The molecule has 2 aromatic rings. The van der Waals surface area contributed by atoms with Crippen molar-refractivity contribution in [3.05, 3.63) is 54.1 Å². The number of rotatable bonds is 5. The maximum absolute atomic E-state index is 13.3. The van der Waals surface area contributed by atoms with E-state index in [-0.39, 0.29) is 10.9 Å². The number of hydrogen-bond acceptors (Lipinski definition) is 4. The zero-order valence-corrected chi connectivity index (χ0v) is 14.6. The second kappa shape index (κ2) is 6.83. The van der Waals surface area contributed by atoms with Crippen molar-refractivity contribution in [2.24, 2.45) is 0 Å². The molecule has 0 aromatic heterocycles. The molecule has 0 amide bonds. The normalized spacial score (nSPS) is 18.5. The zero-order valence-electron chi connectivity index (χ0n) is 13.8. The molecule has 1 atom stereocenters. The summed E-state index contributed by atoms with van der Waals surface area (Å²) in [4.78, 5) is 0.146. The highest BCUT2D eigenvalue weighted by Gasteiger charge is 2.37. The summed E-state index contributed by atoms with van der Waals surface area (Å²) in [5.74, 6) is 0.819. The Kier molecular flexibility index (Phi) is 4.78. The van der Waals surface area contributed by atoms with Crippen LogP contribution in [0.3, 0.4) is 0 Å². The second-order valence-corrected chi connectivity index (χ2v) is 7.56. The first-order valence-corrected chi connectivity index (χ1v) is 9.30. The van der Waals surface area contributed by atoms with E-state index in [1.54, 1.807) is 16.4 Å². The largest absolute Gasteiger partial charge is 0.497 e. The van der Waals surface area contributed by atoms with Crippen molar-refractivity contribution in [3.63, 3.8) is 0 Å². The highest BCUT2D eigenvalue weighted by molar-refractivity contribution is 7.89. The van der Waals surface area contributed by atoms with Crippen molar-refractivity contribution < 1.29 is 17.9 Å². The fourth-order valence-corrected chi connectivity index (χ4v) is 5.00. The Hall–Kier alpha value is -2.05. The van der Waals surface area contributed by atoms with Crippen LogP contribution in [0.25, 0.3) is 0 Å². The Balaban J connectivity index is 2.04. The molecule has 0 saturated carbocycles. The molecule has 6 heteroatoms. The molecule has 1 aliphatic rings. The van der Waals surface area contributed by atoms with Crippen LogP contribution in [-0.2, 0) is 10.0 Å². The van der Waals surface area contributed by atoms with Gasteiger partial charge in [0.1, 0.15) is 16.4 Å². The van der Waals surface area contributed by atoms with E-state index >= 15 is 0 Å². The van der Waals surface area contributed by atoms with Gasteiger partial charge in [-0.1, -0.05) is 30.3 Å². The number of nitrogens with zero attached hydrogens (tertiary/aromatic N) is 1. The van der Waals surface area contributed by atoms with Gasteiger partial charge in [0.05, 0.1) is 20.3 Å². The van der Waals surface area contributed by atoms with E-state index in [4.69, 9.17) is 9.47 Å². The van der Waals surface area contributed by atoms with Gasteiger partial charge in [0.15, 0.2) is 0 Å². The first-order valence-electron chi connectivity index (χ1n) is 7.86. The van der Waals surface area contributed by atoms with Gasteiger partial charge >= 0.3 is 0 Å². The molecule has 0 bridgehead atoms. The lowest BCUT2D eigenvalue weighted by atomic mass is 10.1. The molecule has 128 valence electrons. The molecule has 0 spiro atoms. The molecule has 1 heterocycles. The SMILES string of the molecule is COc1ccc(OC)c(S(=O)(=O)N2CCC[C@H]2c2ccccc2)c1. The van der Waals surface area contributed by atoms with Gasteiger partial charge in [0.2, 0.25) is 10.0 Å². The zero-order chi connectivity index (χ0) is 17.2. The molecule has 3 rings (SSSR count). The van der Waals surface area contributed by atoms with Crippen LogP contribution in [-0.4, -0.2) is 33.5 Å². The van der Waals surface area contributed by atoms with Crippen molar-refractivity contribution in [2.45, 2.75) is 23.8 Å². The predicted octanol–water partition coefficient (Wildman–Crippen LogP) is 3.23. The molecular weight excluding hydrogens is 326 g/mol. The van der Waals surface area contributed by atoms with E-state index in [1.165, 1.54) is 20.3 Å². The minimum Gasteiger partial charge on any atom is -0.497 e. The topological polar surface area (TPSA) is 55.8 Å². The van der Waals surface area contributed by atoms with E-state index in [0.29, 0.717) is 18.0 Å². The van der Waals surface area contributed by atoms with Gasteiger partial charge in [-0.25, -0.2) is 8.42 Å². The van der Waals surface area contributed by atoms with Crippen molar-refractivity contribution in [1.29, 1.82) is 0 Å². The summed E-state index contributed by atoms with van der Waals surface area (Å²) in [5.41, 5.74) is 1.01. The molecule has 24 heavy (non-hydrogen) atoms. The Labute approximate surface area is 142 Å². The van der Waals surface area contributed by atoms with E-state index < -0.39 is 10.0 Å². The van der Waals surface area contributed by atoms with Crippen molar-refractivity contribution in [1.82, 2.24) is 4.31 Å². The van der Waals surface area contributed by atoms with Crippen LogP contribution in [0.15, 0.2) is 53.4 Å². The number of benzene rings is 2. The molecule has 5 nitrogen and oxygen atoms in total. The third-order valence-corrected chi connectivity index (χ3v) is 6.27. The molecule has 1 saturated heterocycles. The van der Waals surface area contributed by atoms with Crippen LogP contribution in [0, 0.1) is 0 Å². The number of hydrogen-bond donors (Lipinski definition) is 0. The highest BCUT2D eigenvalue weighted by atomic mass is 32.2. The van der Waals surface area contributed by atoms with E-state index in [9.17, 15) is 8.42 Å². The van der Waals surface area contributed by atoms with Crippen LogP contribution >= 0.6 is 0 Å². The molecule has 0 N–H and O–H groups in total. The van der Waals surface area contributed by atoms with Crippen LogP contribution < -0.4 is 9.47 Å². The Morgan fingerprint density at radius 1 is 1.04 bits per heavy atom. The summed E-state index contributed by atoms with van der Waals surface area (Å²) in [6.07, 6.45) is 1.65. The van der Waals surface area contributed by atoms with Gasteiger partial charge < -0.3 is 9.47 Å². The Morgan fingerprint density at radius 3 is 2.46 bits per heavy atom. The molecule has 1 fully saturated rings. The highest BCUT2D eigenvalue weighted by Crippen LogP contribution is 2.39. The maximum atomic E-state index is 13.3. The lowest BCUT2D eigenvalue weighted by Gasteiger charge is -2.25. The summed E-state index contributed by atoms with van der Waals surface area (Å²) in [6, 6.07) is 14.4. The van der Waals surface area contributed by atoms with Crippen LogP contribution in [0.1, 0.15) is 24.4 Å². The third kappa shape index (κ3) is 2.99. The number of methoxy groups -OCH3 is 2. The maximum Gasteiger partial charge on any atom is 0.247 e. The second-order valence-electron chi connectivity index (χ2n) is 5.70. The van der Waals surface area contributed by atoms with Gasteiger partial charge in [-0.3, -0.25) is 0 Å². The minimum atomic E-state index is -3.68. The van der Waals surface area contributed by atoms with E-state index in [2.05, 4.69) is 0 Å². The Morgan fingerprint density at radius 2 is 1.79 bits per heavy atom. The summed E-state index contributed by atoms with van der Waals surface area (Å²) in [7, 11) is -0.697. The monoisotopic (exact) mass is 347 g/mol. The standard InChI is InChI=1S/C18H21NO4S/c1-22-15-10-11-17(23-2)18(13-15)24(20,21)19-12-6-9-16(19)14-7-4-3-5-8-14/h3-5,7-8,10-11,13,16H,6,9,12H2,1-2H3/t16-/m0/s1. The summed E-state index contributed by atoms with van der Waals surface area (Å²) < 4.78 is 38.5. The van der Waals surface area contributed by atoms with Gasteiger partial charge in [-0.2, -0.15) is 4.31 Å². The first kappa shape index (κ1) is 16.8. The number of sulfonamides is 1. The summed E-state index contributed by atoms with van der Waals surface area (Å²) >= 11 is 0. The molecule has 1 aliphatic heterocycles. The summed E-state index contributed by atoms with van der Waals surface area (Å²) in [6.45, 7) is 0.502. The van der Waals surface area contributed by atoms with Crippen LogP contribution in [0.5, 0.6) is 11.5 Å². The Bertz CT molecular complexity index is 805. The molecule has 2 aromatic carbocycles. The van der Waals surface area contributed by atoms with E-state index in [0.717, 1.165) is 18.4 Å². The quantitative estimate of drug-likeness (QED) is 0.833. The van der Waals surface area contributed by atoms with E-state index in [1.807, 2.05) is 30.3 Å². The first-order chi connectivity index (χ1) is 11.6. The van der Waals surface area contributed by atoms with Crippen LogP contribution in [0.4, 0.5) is 0 Å². The lowest BCUT2D eigenvalue weighted by molar-refractivity contribution is 0.376. The number of ether oxygens (including phenoxy) is 2. The van der Waals surface area contributed by atoms with Gasteiger partial charge in [-0.15, -0.1) is 0 Å². The molecular formula is C18H21NO4S. The fourth-order valence-electron chi connectivity index (χ4n) is 3.15.